The minimum atomic E-state index is 0.577. The summed E-state index contributed by atoms with van der Waals surface area (Å²) < 4.78 is 5.05. The normalized spacial score (nSPS) is 12.2. The fraction of sp³-hybridized carbons (Fsp3) is 0.667. The highest BCUT2D eigenvalue weighted by atomic mass is 16.5. The van der Waals surface area contributed by atoms with Gasteiger partial charge in [0.1, 0.15) is 12.1 Å². The Balaban J connectivity index is 2.46. The van der Waals surface area contributed by atoms with Gasteiger partial charge in [-0.05, 0) is 25.3 Å². The first-order valence-corrected chi connectivity index (χ1v) is 6.10. The maximum atomic E-state index is 5.60. The number of methoxy groups -OCH3 is 1. The first-order valence-electron chi connectivity index (χ1n) is 6.10. The Morgan fingerprint density at radius 1 is 1.41 bits per heavy atom. The zero-order valence-corrected chi connectivity index (χ0v) is 10.6. The average molecular weight is 238 g/mol. The van der Waals surface area contributed by atoms with Gasteiger partial charge < -0.3 is 15.8 Å². The lowest BCUT2D eigenvalue weighted by Crippen LogP contribution is -2.18. The maximum Gasteiger partial charge on any atom is 0.218 e. The molecule has 3 N–H and O–H groups in total. The SMILES string of the molecule is CCCC(CCN)CNc1cc(OC)ncn1. The van der Waals surface area contributed by atoms with Crippen LogP contribution in [-0.2, 0) is 0 Å². The molecule has 17 heavy (non-hydrogen) atoms. The first kappa shape index (κ1) is 13.7. The van der Waals surface area contributed by atoms with E-state index < -0.39 is 0 Å². The predicted molar refractivity (Wildman–Crippen MR) is 69.1 cm³/mol. The van der Waals surface area contributed by atoms with Crippen molar-refractivity contribution < 1.29 is 4.74 Å². The van der Waals surface area contributed by atoms with Gasteiger partial charge >= 0.3 is 0 Å². The van der Waals surface area contributed by atoms with Gasteiger partial charge in [0.15, 0.2) is 0 Å². The highest BCUT2D eigenvalue weighted by Gasteiger charge is 2.07. The number of nitrogens with zero attached hydrogens (tertiary/aromatic N) is 2. The first-order chi connectivity index (χ1) is 8.30. The summed E-state index contributed by atoms with van der Waals surface area (Å²) in [5.41, 5.74) is 5.60. The summed E-state index contributed by atoms with van der Waals surface area (Å²) in [6.07, 6.45) is 4.91. The van der Waals surface area contributed by atoms with E-state index >= 15 is 0 Å². The molecule has 0 aliphatic carbocycles. The van der Waals surface area contributed by atoms with Crippen molar-refractivity contribution in [1.82, 2.24) is 9.97 Å². The lowest BCUT2D eigenvalue weighted by atomic mass is 10.00. The highest BCUT2D eigenvalue weighted by Crippen LogP contribution is 2.14. The Hall–Kier alpha value is -1.36. The van der Waals surface area contributed by atoms with Crippen molar-refractivity contribution in [2.75, 3.05) is 25.5 Å². The third-order valence-corrected chi connectivity index (χ3v) is 2.69. The molecule has 0 aliphatic heterocycles. The van der Waals surface area contributed by atoms with Crippen LogP contribution in [0.15, 0.2) is 12.4 Å². The molecule has 0 spiro atoms. The molecule has 0 amide bonds. The van der Waals surface area contributed by atoms with Gasteiger partial charge in [0.2, 0.25) is 5.88 Å². The summed E-state index contributed by atoms with van der Waals surface area (Å²) in [7, 11) is 1.60. The van der Waals surface area contributed by atoms with Crippen LogP contribution in [-0.4, -0.2) is 30.2 Å². The van der Waals surface area contributed by atoms with Crippen molar-refractivity contribution in [3.8, 4) is 5.88 Å². The number of hydrogen-bond acceptors (Lipinski definition) is 5. The largest absolute Gasteiger partial charge is 0.481 e. The summed E-state index contributed by atoms with van der Waals surface area (Å²) in [6, 6.07) is 1.80. The molecule has 0 saturated carbocycles. The molecule has 96 valence electrons. The molecule has 1 atom stereocenters. The lowest BCUT2D eigenvalue weighted by Gasteiger charge is -2.16. The summed E-state index contributed by atoms with van der Waals surface area (Å²) in [4.78, 5) is 8.11. The number of nitrogens with one attached hydrogen (secondary N) is 1. The third kappa shape index (κ3) is 4.99. The van der Waals surface area contributed by atoms with Gasteiger partial charge in [0.05, 0.1) is 7.11 Å². The smallest absolute Gasteiger partial charge is 0.218 e. The highest BCUT2D eigenvalue weighted by molar-refractivity contribution is 5.36. The summed E-state index contributed by atoms with van der Waals surface area (Å²) in [5, 5.41) is 3.30. The minimum Gasteiger partial charge on any atom is -0.481 e. The van der Waals surface area contributed by atoms with Crippen LogP contribution in [0.2, 0.25) is 0 Å². The average Bonchev–Trinajstić information content (AvgIpc) is 2.37. The van der Waals surface area contributed by atoms with Crippen LogP contribution in [0.4, 0.5) is 5.82 Å². The molecule has 1 rings (SSSR count). The second-order valence-corrected chi connectivity index (χ2v) is 4.06. The molecule has 0 radical (unpaired) electrons. The standard InChI is InChI=1S/C12H22N4O/c1-3-4-10(5-6-13)8-14-11-7-12(17-2)16-9-15-11/h7,9-10H,3-6,8,13H2,1-2H3,(H,14,15,16). The molecule has 0 aliphatic rings. The molecule has 1 heterocycles. The van der Waals surface area contributed by atoms with Crippen LogP contribution >= 0.6 is 0 Å². The van der Waals surface area contributed by atoms with E-state index in [1.54, 1.807) is 13.2 Å². The van der Waals surface area contributed by atoms with E-state index in [2.05, 4.69) is 22.2 Å². The maximum absolute atomic E-state index is 5.60. The second kappa shape index (κ2) is 7.84. The van der Waals surface area contributed by atoms with E-state index in [1.807, 2.05) is 0 Å². The zero-order valence-electron chi connectivity index (χ0n) is 10.6. The number of hydrogen-bond donors (Lipinski definition) is 2. The van der Waals surface area contributed by atoms with Crippen LogP contribution in [0, 0.1) is 5.92 Å². The van der Waals surface area contributed by atoms with Crippen molar-refractivity contribution in [1.29, 1.82) is 0 Å². The van der Waals surface area contributed by atoms with Gasteiger partial charge in [-0.15, -0.1) is 0 Å². The van der Waals surface area contributed by atoms with Crippen molar-refractivity contribution in [3.63, 3.8) is 0 Å². The van der Waals surface area contributed by atoms with Crippen LogP contribution in [0.25, 0.3) is 0 Å². The number of anilines is 1. The Bertz CT molecular complexity index is 313. The summed E-state index contributed by atoms with van der Waals surface area (Å²) >= 11 is 0. The Morgan fingerprint density at radius 3 is 2.88 bits per heavy atom. The van der Waals surface area contributed by atoms with Crippen LogP contribution in [0.1, 0.15) is 26.2 Å². The number of rotatable bonds is 8. The van der Waals surface area contributed by atoms with Crippen LogP contribution in [0.5, 0.6) is 5.88 Å². The molecule has 0 saturated heterocycles. The minimum absolute atomic E-state index is 0.577. The number of ether oxygens (including phenoxy) is 1. The molecular weight excluding hydrogens is 216 g/mol. The van der Waals surface area contributed by atoms with Gasteiger partial charge in [-0.25, -0.2) is 9.97 Å². The molecule has 5 nitrogen and oxygen atoms in total. The summed E-state index contributed by atoms with van der Waals surface area (Å²) in [6.45, 7) is 3.82. The van der Waals surface area contributed by atoms with Crippen molar-refractivity contribution in [2.45, 2.75) is 26.2 Å². The van der Waals surface area contributed by atoms with E-state index in [0.29, 0.717) is 11.8 Å². The van der Waals surface area contributed by atoms with Gasteiger partial charge in [0, 0.05) is 12.6 Å². The molecule has 0 aromatic carbocycles. The van der Waals surface area contributed by atoms with E-state index in [-0.39, 0.29) is 0 Å². The van der Waals surface area contributed by atoms with Crippen LogP contribution < -0.4 is 15.8 Å². The molecular formula is C12H22N4O. The fourth-order valence-corrected chi connectivity index (χ4v) is 1.79. The Labute approximate surface area is 103 Å². The molecule has 5 heteroatoms. The van der Waals surface area contributed by atoms with Crippen molar-refractivity contribution in [2.24, 2.45) is 11.7 Å². The number of nitrogens with two attached hydrogens (primary N) is 1. The second-order valence-electron chi connectivity index (χ2n) is 4.06. The van der Waals surface area contributed by atoms with E-state index in [0.717, 1.165) is 25.3 Å². The Morgan fingerprint density at radius 2 is 2.24 bits per heavy atom. The molecule has 1 aromatic heterocycles. The van der Waals surface area contributed by atoms with Gasteiger partial charge in [-0.3, -0.25) is 0 Å². The van der Waals surface area contributed by atoms with Gasteiger partial charge in [-0.1, -0.05) is 13.3 Å². The third-order valence-electron chi connectivity index (χ3n) is 2.69. The van der Waals surface area contributed by atoms with E-state index in [4.69, 9.17) is 10.5 Å². The fourth-order valence-electron chi connectivity index (χ4n) is 1.79. The Kier molecular flexibility index (Phi) is 6.32. The molecule has 1 unspecified atom stereocenters. The molecule has 0 fully saturated rings. The van der Waals surface area contributed by atoms with Crippen LogP contribution in [0.3, 0.4) is 0 Å². The van der Waals surface area contributed by atoms with E-state index in [9.17, 15) is 0 Å². The number of aromatic nitrogens is 2. The molecule has 1 aromatic rings. The molecule has 0 bridgehead atoms. The summed E-state index contributed by atoms with van der Waals surface area (Å²) in [5.74, 6) is 1.98. The van der Waals surface area contributed by atoms with Crippen molar-refractivity contribution in [3.05, 3.63) is 12.4 Å². The lowest BCUT2D eigenvalue weighted by molar-refractivity contribution is 0.397. The quantitative estimate of drug-likeness (QED) is 0.720. The van der Waals surface area contributed by atoms with Gasteiger partial charge in [-0.2, -0.15) is 0 Å². The van der Waals surface area contributed by atoms with Gasteiger partial charge in [0.25, 0.3) is 0 Å². The van der Waals surface area contributed by atoms with E-state index in [1.165, 1.54) is 19.2 Å². The zero-order chi connectivity index (χ0) is 12.5. The topological polar surface area (TPSA) is 73.1 Å². The van der Waals surface area contributed by atoms with Crippen molar-refractivity contribution >= 4 is 5.82 Å². The monoisotopic (exact) mass is 238 g/mol. The predicted octanol–water partition coefficient (Wildman–Crippen LogP) is 1.66.